The van der Waals surface area contributed by atoms with Crippen molar-refractivity contribution in [3.8, 4) is 0 Å². The molecule has 0 amide bonds. The molecular formula is C17H24N8S. The van der Waals surface area contributed by atoms with Crippen LogP contribution in [-0.4, -0.2) is 47.6 Å². The van der Waals surface area contributed by atoms with Gasteiger partial charge >= 0.3 is 0 Å². The van der Waals surface area contributed by atoms with Gasteiger partial charge < -0.3 is 14.0 Å². The Morgan fingerprint density at radius 3 is 2.85 bits per heavy atom. The van der Waals surface area contributed by atoms with Crippen LogP contribution in [0.25, 0.3) is 0 Å². The molecule has 1 aliphatic heterocycles. The molecule has 4 heterocycles. The van der Waals surface area contributed by atoms with Crippen molar-refractivity contribution in [3.63, 3.8) is 0 Å². The van der Waals surface area contributed by atoms with Crippen molar-refractivity contribution in [2.75, 3.05) is 18.0 Å². The lowest BCUT2D eigenvalue weighted by atomic mass is 9.97. The summed E-state index contributed by atoms with van der Waals surface area (Å²) in [6.07, 6.45) is 7.79. The number of aromatic nitrogens is 7. The van der Waals surface area contributed by atoms with Crippen molar-refractivity contribution < 1.29 is 0 Å². The lowest BCUT2D eigenvalue weighted by molar-refractivity contribution is 0.477. The standard InChI is InChI=1S/C17H24N8S/c1-12(2)16-21-22-17(26-16)25-7-4-5-13(9-25)15-20-19-14(23(15)3)10-24-8-6-18-11-24/h6,8,11-13H,4-5,7,9-10H2,1-3H3/t13-/m0/s1. The van der Waals surface area contributed by atoms with E-state index in [0.717, 1.165) is 47.7 Å². The van der Waals surface area contributed by atoms with E-state index >= 15 is 0 Å². The van der Waals surface area contributed by atoms with Gasteiger partial charge in [-0.05, 0) is 12.8 Å². The van der Waals surface area contributed by atoms with Gasteiger partial charge in [-0.3, -0.25) is 0 Å². The van der Waals surface area contributed by atoms with Crippen LogP contribution in [0.15, 0.2) is 18.7 Å². The van der Waals surface area contributed by atoms with E-state index in [1.165, 1.54) is 0 Å². The molecule has 0 aromatic carbocycles. The maximum atomic E-state index is 4.50. The molecule has 8 nitrogen and oxygen atoms in total. The van der Waals surface area contributed by atoms with Crippen LogP contribution in [-0.2, 0) is 13.6 Å². The SMILES string of the molecule is CC(C)c1nnc(N2CCC[C@H](c3nnc(Cn4ccnc4)n3C)C2)s1. The Balaban J connectivity index is 1.50. The summed E-state index contributed by atoms with van der Waals surface area (Å²) in [5.41, 5.74) is 0. The Morgan fingerprint density at radius 1 is 1.23 bits per heavy atom. The first-order valence-electron chi connectivity index (χ1n) is 9.04. The predicted molar refractivity (Wildman–Crippen MR) is 101 cm³/mol. The number of hydrogen-bond donors (Lipinski definition) is 0. The summed E-state index contributed by atoms with van der Waals surface area (Å²) >= 11 is 1.71. The molecule has 0 N–H and O–H groups in total. The molecule has 0 radical (unpaired) electrons. The van der Waals surface area contributed by atoms with Crippen LogP contribution in [0.5, 0.6) is 0 Å². The summed E-state index contributed by atoms with van der Waals surface area (Å²) < 4.78 is 4.14. The summed E-state index contributed by atoms with van der Waals surface area (Å²) in [4.78, 5) is 6.44. The fourth-order valence-electron chi connectivity index (χ4n) is 3.36. The zero-order valence-electron chi connectivity index (χ0n) is 15.4. The highest BCUT2D eigenvalue weighted by atomic mass is 32.1. The van der Waals surface area contributed by atoms with E-state index in [1.807, 2.05) is 10.8 Å². The number of imidazole rings is 1. The van der Waals surface area contributed by atoms with E-state index in [1.54, 1.807) is 23.9 Å². The van der Waals surface area contributed by atoms with E-state index in [9.17, 15) is 0 Å². The van der Waals surface area contributed by atoms with Crippen molar-refractivity contribution in [3.05, 3.63) is 35.4 Å². The van der Waals surface area contributed by atoms with Crippen LogP contribution in [0, 0.1) is 0 Å². The third-order valence-corrected chi connectivity index (χ3v) is 6.15. The van der Waals surface area contributed by atoms with Gasteiger partial charge in [0.15, 0.2) is 5.82 Å². The summed E-state index contributed by atoms with van der Waals surface area (Å²) in [5, 5.41) is 19.8. The third-order valence-electron chi connectivity index (χ3n) is 4.86. The molecule has 0 bridgehead atoms. The first-order chi connectivity index (χ1) is 12.6. The van der Waals surface area contributed by atoms with E-state index in [0.29, 0.717) is 18.4 Å². The molecule has 1 fully saturated rings. The molecule has 0 aliphatic carbocycles. The molecule has 26 heavy (non-hydrogen) atoms. The Hall–Kier alpha value is -2.29. The van der Waals surface area contributed by atoms with Crippen molar-refractivity contribution in [2.24, 2.45) is 7.05 Å². The number of hydrogen-bond acceptors (Lipinski definition) is 7. The van der Waals surface area contributed by atoms with Gasteiger partial charge in [0.05, 0.1) is 12.9 Å². The van der Waals surface area contributed by atoms with Gasteiger partial charge in [-0.2, -0.15) is 0 Å². The van der Waals surface area contributed by atoms with Gasteiger partial charge in [0.25, 0.3) is 0 Å². The molecule has 0 spiro atoms. The average Bonchev–Trinajstić information content (AvgIpc) is 3.38. The Labute approximate surface area is 156 Å². The lowest BCUT2D eigenvalue weighted by Gasteiger charge is -2.31. The van der Waals surface area contributed by atoms with Crippen LogP contribution in [0.4, 0.5) is 5.13 Å². The fraction of sp³-hybridized carbons (Fsp3) is 0.588. The minimum atomic E-state index is 0.365. The summed E-state index contributed by atoms with van der Waals surface area (Å²) in [6.45, 7) is 6.95. The van der Waals surface area contributed by atoms with Gasteiger partial charge in [0.2, 0.25) is 5.13 Å². The van der Waals surface area contributed by atoms with Crippen molar-refractivity contribution in [2.45, 2.75) is 45.1 Å². The molecule has 4 rings (SSSR count). The quantitative estimate of drug-likeness (QED) is 0.684. The summed E-state index contributed by atoms with van der Waals surface area (Å²) in [6, 6.07) is 0. The molecule has 3 aromatic rings. The predicted octanol–water partition coefficient (Wildman–Crippen LogP) is 2.42. The zero-order chi connectivity index (χ0) is 18.1. The molecular weight excluding hydrogens is 348 g/mol. The summed E-state index contributed by atoms with van der Waals surface area (Å²) in [7, 11) is 2.06. The molecule has 0 saturated carbocycles. The molecule has 1 atom stereocenters. The Bertz CT molecular complexity index is 850. The minimum Gasteiger partial charge on any atom is -0.346 e. The van der Waals surface area contributed by atoms with Gasteiger partial charge in [0, 0.05) is 44.4 Å². The molecule has 1 saturated heterocycles. The summed E-state index contributed by atoms with van der Waals surface area (Å²) in [5.74, 6) is 2.79. The zero-order valence-corrected chi connectivity index (χ0v) is 16.2. The van der Waals surface area contributed by atoms with Crippen LogP contribution < -0.4 is 4.90 Å². The molecule has 3 aromatic heterocycles. The molecule has 0 unspecified atom stereocenters. The highest BCUT2D eigenvalue weighted by molar-refractivity contribution is 7.15. The highest BCUT2D eigenvalue weighted by Crippen LogP contribution is 2.32. The van der Waals surface area contributed by atoms with Crippen LogP contribution in [0.2, 0.25) is 0 Å². The molecule has 9 heteroatoms. The molecule has 1 aliphatic rings. The monoisotopic (exact) mass is 372 g/mol. The first-order valence-corrected chi connectivity index (χ1v) is 9.85. The first kappa shape index (κ1) is 17.1. The van der Waals surface area contributed by atoms with Crippen LogP contribution >= 0.6 is 11.3 Å². The normalized spacial score (nSPS) is 18.0. The maximum Gasteiger partial charge on any atom is 0.208 e. The van der Waals surface area contributed by atoms with Crippen molar-refractivity contribution >= 4 is 16.5 Å². The highest BCUT2D eigenvalue weighted by Gasteiger charge is 2.28. The average molecular weight is 373 g/mol. The lowest BCUT2D eigenvalue weighted by Crippen LogP contribution is -2.35. The van der Waals surface area contributed by atoms with E-state index < -0.39 is 0 Å². The number of nitrogens with zero attached hydrogens (tertiary/aromatic N) is 8. The smallest absolute Gasteiger partial charge is 0.208 e. The maximum absolute atomic E-state index is 4.50. The number of rotatable bonds is 5. The minimum absolute atomic E-state index is 0.365. The van der Waals surface area contributed by atoms with Crippen molar-refractivity contribution in [1.82, 2.24) is 34.5 Å². The largest absolute Gasteiger partial charge is 0.346 e. The van der Waals surface area contributed by atoms with Crippen LogP contribution in [0.3, 0.4) is 0 Å². The van der Waals surface area contributed by atoms with Gasteiger partial charge in [-0.15, -0.1) is 20.4 Å². The van der Waals surface area contributed by atoms with Gasteiger partial charge in [0.1, 0.15) is 10.8 Å². The van der Waals surface area contributed by atoms with E-state index in [4.69, 9.17) is 0 Å². The fourth-order valence-corrected chi connectivity index (χ4v) is 4.24. The molecule has 138 valence electrons. The second-order valence-corrected chi connectivity index (χ2v) is 8.12. The Kier molecular flexibility index (Phi) is 4.71. The van der Waals surface area contributed by atoms with E-state index in [2.05, 4.69) is 55.7 Å². The van der Waals surface area contributed by atoms with Crippen molar-refractivity contribution in [1.29, 1.82) is 0 Å². The van der Waals surface area contributed by atoms with Crippen LogP contribution in [0.1, 0.15) is 55.2 Å². The van der Waals surface area contributed by atoms with Gasteiger partial charge in [-0.1, -0.05) is 25.2 Å². The van der Waals surface area contributed by atoms with E-state index in [-0.39, 0.29) is 0 Å². The third kappa shape index (κ3) is 3.35. The van der Waals surface area contributed by atoms with Gasteiger partial charge in [-0.25, -0.2) is 4.98 Å². The number of piperidine rings is 1. The number of anilines is 1. The topological polar surface area (TPSA) is 77.6 Å². The second-order valence-electron chi connectivity index (χ2n) is 7.13. The Morgan fingerprint density at radius 2 is 2.12 bits per heavy atom. The second kappa shape index (κ2) is 7.14.